The number of methoxy groups -OCH3 is 1. The molecule has 1 aliphatic heterocycles. The van der Waals surface area contributed by atoms with Crippen molar-refractivity contribution in [1.29, 1.82) is 0 Å². The topological polar surface area (TPSA) is 64.1 Å². The van der Waals surface area contributed by atoms with E-state index in [1.807, 2.05) is 18.2 Å². The van der Waals surface area contributed by atoms with Gasteiger partial charge in [-0.05, 0) is 23.8 Å². The van der Waals surface area contributed by atoms with Crippen molar-refractivity contribution in [2.45, 2.75) is 25.7 Å². The number of benzene rings is 2. The summed E-state index contributed by atoms with van der Waals surface area (Å²) in [5, 5.41) is 6.30. The molecule has 0 amide bonds. The van der Waals surface area contributed by atoms with Crippen LogP contribution in [-0.2, 0) is 13.0 Å². The fraction of sp³-hybridized carbons (Fsp3) is 0.350. The van der Waals surface area contributed by atoms with Gasteiger partial charge in [0.1, 0.15) is 23.4 Å². The van der Waals surface area contributed by atoms with E-state index >= 15 is 0 Å². The monoisotopic (exact) mass is 519 g/mol. The molecular weight excluding hydrogens is 495 g/mol. The van der Waals surface area contributed by atoms with Crippen LogP contribution in [0.15, 0.2) is 47.5 Å². The Hall–Kier alpha value is -2.30. The van der Waals surface area contributed by atoms with E-state index in [0.717, 1.165) is 12.2 Å². The largest absolute Gasteiger partial charge is 0.497 e. The summed E-state index contributed by atoms with van der Waals surface area (Å²) in [5.74, 6) is 1.95. The molecule has 1 aliphatic rings. The lowest BCUT2D eigenvalue weighted by Crippen LogP contribution is -2.42. The van der Waals surface area contributed by atoms with Crippen molar-refractivity contribution < 1.29 is 23.0 Å². The number of nitrogens with one attached hydrogen (secondary N) is 2. The summed E-state index contributed by atoms with van der Waals surface area (Å²) in [5.41, 5.74) is 1.75. The van der Waals surface area contributed by atoms with Crippen LogP contribution in [0.25, 0.3) is 0 Å². The second kappa shape index (κ2) is 11.0. The number of nitrogens with zero attached hydrogens (tertiary/aromatic N) is 1. The normalized spacial score (nSPS) is 15.2. The highest BCUT2D eigenvalue weighted by Gasteiger charge is 2.22. The van der Waals surface area contributed by atoms with Gasteiger partial charge in [0, 0.05) is 31.6 Å². The summed E-state index contributed by atoms with van der Waals surface area (Å²) in [6, 6.07) is 12.7. The maximum absolute atomic E-state index is 12.7. The molecule has 29 heavy (non-hydrogen) atoms. The van der Waals surface area contributed by atoms with Crippen molar-refractivity contribution in [3.8, 4) is 17.2 Å². The van der Waals surface area contributed by atoms with E-state index < -0.39 is 6.61 Å². The van der Waals surface area contributed by atoms with E-state index in [1.165, 1.54) is 18.7 Å². The molecule has 0 aromatic heterocycles. The molecule has 6 nitrogen and oxygen atoms in total. The quantitative estimate of drug-likeness (QED) is 0.333. The molecule has 0 aliphatic carbocycles. The Kier molecular flexibility index (Phi) is 8.74. The van der Waals surface area contributed by atoms with E-state index in [0.29, 0.717) is 23.8 Å². The number of guanidine groups is 1. The first kappa shape index (κ1) is 23.0. The van der Waals surface area contributed by atoms with Crippen molar-refractivity contribution in [3.05, 3.63) is 53.6 Å². The van der Waals surface area contributed by atoms with Gasteiger partial charge in [-0.25, -0.2) is 0 Å². The third kappa shape index (κ3) is 6.34. The second-order valence-corrected chi connectivity index (χ2v) is 6.21. The Morgan fingerprint density at radius 3 is 2.72 bits per heavy atom. The molecule has 3 rings (SSSR count). The number of hydrogen-bond donors (Lipinski definition) is 2. The maximum Gasteiger partial charge on any atom is 0.387 e. The minimum absolute atomic E-state index is 0. The Bertz CT molecular complexity index is 811. The molecule has 2 N–H and O–H groups in total. The number of hydrogen-bond acceptors (Lipinski definition) is 4. The molecule has 1 unspecified atom stereocenters. The Balaban J connectivity index is 0.00000300. The molecule has 0 saturated heterocycles. The summed E-state index contributed by atoms with van der Waals surface area (Å²) in [7, 11) is 3.11. The molecule has 2 aromatic carbocycles. The third-order valence-corrected chi connectivity index (χ3v) is 4.37. The van der Waals surface area contributed by atoms with E-state index in [9.17, 15) is 8.78 Å². The number of para-hydroxylation sites is 1. The van der Waals surface area contributed by atoms with Gasteiger partial charge in [0.2, 0.25) is 0 Å². The summed E-state index contributed by atoms with van der Waals surface area (Å²) in [6.07, 6.45) is 0.833. The van der Waals surface area contributed by atoms with E-state index in [2.05, 4.69) is 26.4 Å². The smallest absolute Gasteiger partial charge is 0.387 e. The molecule has 2 aromatic rings. The van der Waals surface area contributed by atoms with Crippen LogP contribution >= 0.6 is 24.0 Å². The van der Waals surface area contributed by atoms with E-state index in [4.69, 9.17) is 9.47 Å². The van der Waals surface area contributed by atoms with Crippen molar-refractivity contribution in [2.24, 2.45) is 4.99 Å². The molecule has 0 spiro atoms. The van der Waals surface area contributed by atoms with Crippen LogP contribution in [0.1, 0.15) is 11.1 Å². The van der Waals surface area contributed by atoms with Gasteiger partial charge in [0.15, 0.2) is 5.96 Å². The van der Waals surface area contributed by atoms with Gasteiger partial charge in [0.25, 0.3) is 0 Å². The maximum atomic E-state index is 12.7. The zero-order valence-electron chi connectivity index (χ0n) is 16.2. The SMILES string of the molecule is CN=C(NCc1ccc(OC)cc1OC(F)F)NCC1Cc2ccccc2O1.I. The first-order chi connectivity index (χ1) is 13.6. The zero-order valence-corrected chi connectivity index (χ0v) is 18.5. The lowest BCUT2D eigenvalue weighted by atomic mass is 10.1. The van der Waals surface area contributed by atoms with Crippen molar-refractivity contribution in [2.75, 3.05) is 20.7 Å². The van der Waals surface area contributed by atoms with Crippen LogP contribution in [0.2, 0.25) is 0 Å². The Morgan fingerprint density at radius 2 is 2.03 bits per heavy atom. The average molecular weight is 519 g/mol. The van der Waals surface area contributed by atoms with Gasteiger partial charge in [0.05, 0.1) is 13.7 Å². The highest BCUT2D eigenvalue weighted by molar-refractivity contribution is 14.0. The first-order valence-electron chi connectivity index (χ1n) is 8.90. The van der Waals surface area contributed by atoms with Crippen LogP contribution in [0.3, 0.4) is 0 Å². The van der Waals surface area contributed by atoms with Gasteiger partial charge in [-0.15, -0.1) is 24.0 Å². The van der Waals surface area contributed by atoms with Crippen LogP contribution in [-0.4, -0.2) is 39.4 Å². The summed E-state index contributed by atoms with van der Waals surface area (Å²) in [4.78, 5) is 4.16. The van der Waals surface area contributed by atoms with Crippen molar-refractivity contribution >= 4 is 29.9 Å². The standard InChI is InChI=1S/C20H23F2N3O3.HI/c1-23-20(25-12-16-9-13-5-3-4-6-17(13)27-16)24-11-14-7-8-15(26-2)10-18(14)28-19(21)22;/h3-8,10,16,19H,9,11-12H2,1-2H3,(H2,23,24,25);1H. The molecule has 0 saturated carbocycles. The lowest BCUT2D eigenvalue weighted by Gasteiger charge is -2.17. The van der Waals surface area contributed by atoms with Crippen LogP contribution in [0, 0.1) is 0 Å². The van der Waals surface area contributed by atoms with Crippen LogP contribution in [0.4, 0.5) is 8.78 Å². The predicted molar refractivity (Wildman–Crippen MR) is 118 cm³/mol. The predicted octanol–water partition coefficient (Wildman–Crippen LogP) is 3.58. The van der Waals surface area contributed by atoms with Gasteiger partial charge >= 0.3 is 6.61 Å². The molecule has 0 fully saturated rings. The van der Waals surface area contributed by atoms with Gasteiger partial charge in [-0.1, -0.05) is 18.2 Å². The molecule has 9 heteroatoms. The molecule has 0 radical (unpaired) electrons. The van der Waals surface area contributed by atoms with Gasteiger partial charge in [-0.3, -0.25) is 4.99 Å². The molecule has 1 heterocycles. The highest BCUT2D eigenvalue weighted by Crippen LogP contribution is 2.28. The molecule has 1 atom stereocenters. The van der Waals surface area contributed by atoms with Crippen molar-refractivity contribution in [3.63, 3.8) is 0 Å². The minimum atomic E-state index is -2.91. The minimum Gasteiger partial charge on any atom is -0.497 e. The molecule has 0 bridgehead atoms. The fourth-order valence-corrected chi connectivity index (χ4v) is 2.99. The number of aliphatic imine (C=N–C) groups is 1. The number of halogens is 3. The van der Waals surface area contributed by atoms with E-state index in [-0.39, 0.29) is 42.4 Å². The van der Waals surface area contributed by atoms with Crippen molar-refractivity contribution in [1.82, 2.24) is 10.6 Å². The second-order valence-electron chi connectivity index (χ2n) is 6.21. The Morgan fingerprint density at radius 1 is 1.24 bits per heavy atom. The molecule has 158 valence electrons. The average Bonchev–Trinajstić information content (AvgIpc) is 3.11. The highest BCUT2D eigenvalue weighted by atomic mass is 127. The summed E-state index contributed by atoms with van der Waals surface area (Å²) in [6.45, 7) is -2.08. The Labute approximate surface area is 185 Å². The van der Waals surface area contributed by atoms with Gasteiger partial charge in [-0.2, -0.15) is 8.78 Å². The zero-order chi connectivity index (χ0) is 19.9. The first-order valence-corrected chi connectivity index (χ1v) is 8.90. The fourth-order valence-electron chi connectivity index (χ4n) is 2.99. The summed E-state index contributed by atoms with van der Waals surface area (Å²) >= 11 is 0. The third-order valence-electron chi connectivity index (χ3n) is 4.37. The molecular formula is C20H24F2IN3O3. The van der Waals surface area contributed by atoms with Gasteiger partial charge < -0.3 is 24.8 Å². The number of ether oxygens (including phenoxy) is 3. The van der Waals surface area contributed by atoms with E-state index in [1.54, 1.807) is 19.2 Å². The number of rotatable bonds is 7. The van der Waals surface area contributed by atoms with Crippen LogP contribution in [0.5, 0.6) is 17.2 Å². The van der Waals surface area contributed by atoms with Crippen LogP contribution < -0.4 is 24.8 Å². The number of alkyl halides is 2. The lowest BCUT2D eigenvalue weighted by molar-refractivity contribution is -0.0505. The summed E-state index contributed by atoms with van der Waals surface area (Å²) < 4.78 is 40.9. The number of fused-ring (bicyclic) bond motifs is 1.